The third-order valence-corrected chi connectivity index (χ3v) is 2.41. The molecule has 1 amide bonds. The van der Waals surface area contributed by atoms with Crippen molar-refractivity contribution in [1.82, 2.24) is 4.90 Å². The molecule has 4 nitrogen and oxygen atoms in total. The smallest absolute Gasteiger partial charge is 0.248 e. The number of likely N-dealkylation sites (tertiary alicyclic amines) is 1. The van der Waals surface area contributed by atoms with Gasteiger partial charge in [-0.3, -0.25) is 4.79 Å². The predicted octanol–water partition coefficient (Wildman–Crippen LogP) is -0.138. The molecule has 0 unspecified atom stereocenters. The van der Waals surface area contributed by atoms with Gasteiger partial charge in [-0.15, -0.1) is 0 Å². The summed E-state index contributed by atoms with van der Waals surface area (Å²) in [5, 5.41) is 8.67. The summed E-state index contributed by atoms with van der Waals surface area (Å²) in [6.07, 6.45) is 0.139. The summed E-state index contributed by atoms with van der Waals surface area (Å²) in [6, 6.07) is 0. The number of nitrogens with zero attached hydrogens (tertiary/aromatic N) is 1. The second kappa shape index (κ2) is 4.58. The molecule has 0 spiro atoms. The fourth-order valence-electron chi connectivity index (χ4n) is 1.67. The molecule has 0 aromatic rings. The van der Waals surface area contributed by atoms with Gasteiger partial charge < -0.3 is 14.7 Å². The minimum Gasteiger partial charge on any atom is -0.387 e. The molecule has 1 heterocycles. The maximum Gasteiger partial charge on any atom is 0.248 e. The molecule has 0 radical (unpaired) electrons. The van der Waals surface area contributed by atoms with Gasteiger partial charge in [0.25, 0.3) is 0 Å². The summed E-state index contributed by atoms with van der Waals surface area (Å²) < 4.78 is 5.46. The molecule has 0 aliphatic carbocycles. The Kier molecular flexibility index (Phi) is 3.69. The van der Waals surface area contributed by atoms with Crippen LogP contribution in [-0.4, -0.2) is 48.3 Å². The average Bonchev–Trinajstić information content (AvgIpc) is 2.47. The van der Waals surface area contributed by atoms with Gasteiger partial charge in [-0.25, -0.2) is 0 Å². The van der Waals surface area contributed by atoms with Gasteiger partial charge in [0.05, 0.1) is 6.10 Å². The molecule has 1 rings (SSSR count). The summed E-state index contributed by atoms with van der Waals surface area (Å²) in [4.78, 5) is 12.8. The normalized spacial score (nSPS) is 28.1. The number of hydrogen-bond donors (Lipinski definition) is 1. The lowest BCUT2D eigenvalue weighted by molar-refractivity contribution is -0.133. The van der Waals surface area contributed by atoms with E-state index in [1.54, 1.807) is 4.90 Å². The van der Waals surface area contributed by atoms with Gasteiger partial charge in [-0.2, -0.15) is 0 Å². The fourth-order valence-corrected chi connectivity index (χ4v) is 1.67. The number of rotatable bonds is 3. The quantitative estimate of drug-likeness (QED) is 0.669. The van der Waals surface area contributed by atoms with Crippen LogP contribution in [0.25, 0.3) is 0 Å². The van der Waals surface area contributed by atoms with Crippen molar-refractivity contribution >= 4 is 5.91 Å². The molecule has 0 saturated carbocycles. The van der Waals surface area contributed by atoms with Crippen molar-refractivity contribution in [1.29, 1.82) is 0 Å². The second-order valence-corrected chi connectivity index (χ2v) is 3.43. The van der Waals surface area contributed by atoms with Crippen LogP contribution in [0.3, 0.4) is 0 Å². The summed E-state index contributed by atoms with van der Waals surface area (Å²) >= 11 is 0. The zero-order valence-corrected chi connectivity index (χ0v) is 8.19. The molecule has 1 aliphatic heterocycles. The van der Waals surface area contributed by atoms with Crippen LogP contribution in [0.15, 0.2) is 0 Å². The van der Waals surface area contributed by atoms with E-state index < -0.39 is 6.61 Å². The van der Waals surface area contributed by atoms with E-state index in [2.05, 4.69) is 6.92 Å². The Bertz CT molecular complexity index is 184. The molecule has 0 bridgehead atoms. The van der Waals surface area contributed by atoms with Gasteiger partial charge in [0, 0.05) is 25.6 Å². The Morgan fingerprint density at radius 2 is 2.31 bits per heavy atom. The zero-order valence-electron chi connectivity index (χ0n) is 8.19. The molecule has 76 valence electrons. The first-order valence-corrected chi connectivity index (χ1v) is 4.69. The van der Waals surface area contributed by atoms with E-state index >= 15 is 0 Å². The lowest BCUT2D eigenvalue weighted by Gasteiger charge is -2.14. The second-order valence-electron chi connectivity index (χ2n) is 3.43. The highest BCUT2D eigenvalue weighted by Gasteiger charge is 2.32. The molecule has 1 saturated heterocycles. The third-order valence-electron chi connectivity index (χ3n) is 2.41. The van der Waals surface area contributed by atoms with Crippen LogP contribution >= 0.6 is 0 Å². The van der Waals surface area contributed by atoms with Crippen LogP contribution in [0.1, 0.15) is 13.8 Å². The third kappa shape index (κ3) is 2.42. The van der Waals surface area contributed by atoms with Gasteiger partial charge in [-0.1, -0.05) is 6.92 Å². The van der Waals surface area contributed by atoms with Crippen molar-refractivity contribution in [3.05, 3.63) is 0 Å². The fraction of sp³-hybridized carbons (Fsp3) is 0.889. The molecule has 2 atom stereocenters. The molecule has 1 fully saturated rings. The van der Waals surface area contributed by atoms with Crippen LogP contribution in [0.5, 0.6) is 0 Å². The molecule has 1 aliphatic rings. The Morgan fingerprint density at radius 1 is 1.62 bits per heavy atom. The first-order chi connectivity index (χ1) is 6.19. The van der Waals surface area contributed by atoms with Crippen molar-refractivity contribution in [3.63, 3.8) is 0 Å². The van der Waals surface area contributed by atoms with Crippen LogP contribution < -0.4 is 0 Å². The topological polar surface area (TPSA) is 49.8 Å². The number of carbonyl (C=O) groups is 1. The van der Waals surface area contributed by atoms with Crippen molar-refractivity contribution in [2.75, 3.05) is 26.3 Å². The summed E-state index contributed by atoms with van der Waals surface area (Å²) in [5.74, 6) is 0.171. The van der Waals surface area contributed by atoms with Crippen LogP contribution in [-0.2, 0) is 9.53 Å². The van der Waals surface area contributed by atoms with Crippen LogP contribution in [0.4, 0.5) is 0 Å². The number of hydrogen-bond acceptors (Lipinski definition) is 3. The number of aliphatic hydroxyl groups excluding tert-OH is 1. The molecular formula is C9H17NO3. The number of amides is 1. The van der Waals surface area contributed by atoms with Gasteiger partial charge in [0.1, 0.15) is 6.61 Å². The van der Waals surface area contributed by atoms with Gasteiger partial charge in [0.15, 0.2) is 0 Å². The molecular weight excluding hydrogens is 170 g/mol. The van der Waals surface area contributed by atoms with E-state index in [-0.39, 0.29) is 12.0 Å². The summed E-state index contributed by atoms with van der Waals surface area (Å²) in [5.41, 5.74) is 0. The Hall–Kier alpha value is -0.610. The first kappa shape index (κ1) is 10.5. The van der Waals surface area contributed by atoms with E-state index in [1.165, 1.54) is 0 Å². The highest BCUT2D eigenvalue weighted by molar-refractivity contribution is 5.77. The van der Waals surface area contributed by atoms with Gasteiger partial charge >= 0.3 is 0 Å². The molecule has 0 aromatic carbocycles. The maximum atomic E-state index is 11.1. The van der Waals surface area contributed by atoms with E-state index in [4.69, 9.17) is 9.84 Å². The molecule has 1 N–H and O–H groups in total. The van der Waals surface area contributed by atoms with Crippen molar-refractivity contribution in [2.45, 2.75) is 20.0 Å². The van der Waals surface area contributed by atoms with Crippen LogP contribution in [0.2, 0.25) is 0 Å². The van der Waals surface area contributed by atoms with Gasteiger partial charge in [0.2, 0.25) is 5.91 Å². The summed E-state index contributed by atoms with van der Waals surface area (Å²) in [6.45, 7) is 5.61. The van der Waals surface area contributed by atoms with E-state index in [0.717, 1.165) is 0 Å². The molecule has 13 heavy (non-hydrogen) atoms. The zero-order chi connectivity index (χ0) is 9.84. The highest BCUT2D eigenvalue weighted by atomic mass is 16.5. The van der Waals surface area contributed by atoms with Crippen molar-refractivity contribution in [3.8, 4) is 0 Å². The number of carbonyl (C=O) groups excluding carboxylic acids is 1. The van der Waals surface area contributed by atoms with Crippen molar-refractivity contribution < 1.29 is 14.6 Å². The average molecular weight is 187 g/mol. The SMILES string of the molecule is CCO[C@H]1CN(C(=O)CO)C[C@@H]1C. The largest absolute Gasteiger partial charge is 0.387 e. The molecule has 0 aromatic heterocycles. The van der Waals surface area contributed by atoms with E-state index in [1.807, 2.05) is 6.92 Å². The monoisotopic (exact) mass is 187 g/mol. The van der Waals surface area contributed by atoms with Crippen LogP contribution in [0, 0.1) is 5.92 Å². The lowest BCUT2D eigenvalue weighted by atomic mass is 10.1. The highest BCUT2D eigenvalue weighted by Crippen LogP contribution is 2.19. The lowest BCUT2D eigenvalue weighted by Crippen LogP contribution is -2.32. The van der Waals surface area contributed by atoms with E-state index in [0.29, 0.717) is 25.6 Å². The standard InChI is InChI=1S/C9H17NO3/c1-3-13-8-5-10(4-7(8)2)9(12)6-11/h7-8,11H,3-6H2,1-2H3/t7-,8-/m0/s1. The number of aliphatic hydroxyl groups is 1. The Morgan fingerprint density at radius 3 is 2.85 bits per heavy atom. The maximum absolute atomic E-state index is 11.1. The number of ether oxygens (including phenoxy) is 1. The predicted molar refractivity (Wildman–Crippen MR) is 48.2 cm³/mol. The Labute approximate surface area is 78.5 Å². The molecule has 4 heteroatoms. The first-order valence-electron chi connectivity index (χ1n) is 4.69. The summed E-state index contributed by atoms with van der Waals surface area (Å²) in [7, 11) is 0. The van der Waals surface area contributed by atoms with Crippen molar-refractivity contribution in [2.24, 2.45) is 5.92 Å². The minimum atomic E-state index is -0.397. The van der Waals surface area contributed by atoms with Gasteiger partial charge in [-0.05, 0) is 6.92 Å². The minimum absolute atomic E-state index is 0.139. The Balaban J connectivity index is 2.44. The van der Waals surface area contributed by atoms with E-state index in [9.17, 15) is 4.79 Å².